The van der Waals surface area contributed by atoms with Crippen LogP contribution in [0, 0.1) is 0 Å². The molecule has 0 heterocycles. The van der Waals surface area contributed by atoms with Gasteiger partial charge in [0.1, 0.15) is 5.57 Å². The summed E-state index contributed by atoms with van der Waals surface area (Å²) < 4.78 is 0. The fraction of sp³-hybridized carbons (Fsp3) is 0.556. The fourth-order valence-electron chi connectivity index (χ4n) is 0.732. The average molecular weight is 202 g/mol. The standard InChI is InChI=1S/C9H14O5/c1-3-9(2,14)5-4-6(7(10)11)8(12)13/h4,14H,3,5H2,1-2H3,(H,10,11)(H,12,13). The molecule has 1 unspecified atom stereocenters. The summed E-state index contributed by atoms with van der Waals surface area (Å²) in [6.07, 6.45) is 1.46. The average Bonchev–Trinajstić information content (AvgIpc) is 2.03. The van der Waals surface area contributed by atoms with E-state index in [1.54, 1.807) is 6.92 Å². The number of carboxylic acid groups (broad SMARTS) is 2. The van der Waals surface area contributed by atoms with Gasteiger partial charge in [0.05, 0.1) is 5.60 Å². The molecule has 0 amide bonds. The van der Waals surface area contributed by atoms with Gasteiger partial charge < -0.3 is 15.3 Å². The van der Waals surface area contributed by atoms with Crippen LogP contribution in [0.3, 0.4) is 0 Å². The van der Waals surface area contributed by atoms with Crippen LogP contribution < -0.4 is 0 Å². The lowest BCUT2D eigenvalue weighted by Crippen LogP contribution is -2.22. The summed E-state index contributed by atoms with van der Waals surface area (Å²) in [6.45, 7) is 3.25. The molecule has 0 aliphatic heterocycles. The highest BCUT2D eigenvalue weighted by atomic mass is 16.4. The van der Waals surface area contributed by atoms with Crippen LogP contribution in [0.4, 0.5) is 0 Å². The third kappa shape index (κ3) is 4.04. The van der Waals surface area contributed by atoms with Crippen molar-refractivity contribution in [2.24, 2.45) is 0 Å². The van der Waals surface area contributed by atoms with Crippen molar-refractivity contribution < 1.29 is 24.9 Å². The normalized spacial score (nSPS) is 14.2. The minimum absolute atomic E-state index is 0.0113. The summed E-state index contributed by atoms with van der Waals surface area (Å²) in [6, 6.07) is 0. The molecule has 0 aromatic carbocycles. The Labute approximate surface area is 81.7 Å². The van der Waals surface area contributed by atoms with E-state index in [0.29, 0.717) is 6.42 Å². The van der Waals surface area contributed by atoms with Crippen LogP contribution in [0.1, 0.15) is 26.7 Å². The molecule has 80 valence electrons. The molecule has 0 saturated heterocycles. The first-order valence-corrected chi connectivity index (χ1v) is 4.19. The summed E-state index contributed by atoms with van der Waals surface area (Å²) >= 11 is 0. The maximum atomic E-state index is 10.4. The molecule has 14 heavy (non-hydrogen) atoms. The van der Waals surface area contributed by atoms with Gasteiger partial charge in [-0.25, -0.2) is 9.59 Å². The number of hydrogen-bond acceptors (Lipinski definition) is 3. The minimum Gasteiger partial charge on any atom is -0.477 e. The summed E-state index contributed by atoms with van der Waals surface area (Å²) in [5, 5.41) is 26.5. The first kappa shape index (κ1) is 12.6. The first-order chi connectivity index (χ1) is 6.30. The molecule has 0 aromatic rings. The van der Waals surface area contributed by atoms with Crippen molar-refractivity contribution in [3.05, 3.63) is 11.6 Å². The van der Waals surface area contributed by atoms with Gasteiger partial charge in [-0.1, -0.05) is 13.0 Å². The Morgan fingerprint density at radius 1 is 1.29 bits per heavy atom. The Hall–Kier alpha value is -1.36. The lowest BCUT2D eigenvalue weighted by atomic mass is 9.98. The topological polar surface area (TPSA) is 94.8 Å². The Bertz CT molecular complexity index is 248. The fourth-order valence-corrected chi connectivity index (χ4v) is 0.732. The molecule has 0 saturated carbocycles. The quantitative estimate of drug-likeness (QED) is 0.345. The van der Waals surface area contributed by atoms with E-state index in [4.69, 9.17) is 10.2 Å². The highest BCUT2D eigenvalue weighted by Gasteiger charge is 2.20. The van der Waals surface area contributed by atoms with Crippen LogP contribution in [0.2, 0.25) is 0 Å². The zero-order valence-electron chi connectivity index (χ0n) is 8.15. The lowest BCUT2D eigenvalue weighted by molar-refractivity contribution is -0.140. The van der Waals surface area contributed by atoms with Crippen molar-refractivity contribution in [3.63, 3.8) is 0 Å². The van der Waals surface area contributed by atoms with E-state index in [1.165, 1.54) is 6.92 Å². The van der Waals surface area contributed by atoms with E-state index in [1.807, 2.05) is 0 Å². The summed E-state index contributed by atoms with van der Waals surface area (Å²) in [7, 11) is 0. The largest absolute Gasteiger partial charge is 0.477 e. The highest BCUT2D eigenvalue weighted by molar-refractivity contribution is 6.12. The molecule has 0 bridgehead atoms. The SMILES string of the molecule is CCC(C)(O)CC=C(C(=O)O)C(=O)O. The number of aliphatic carboxylic acids is 2. The predicted molar refractivity (Wildman–Crippen MR) is 48.9 cm³/mol. The van der Waals surface area contributed by atoms with Gasteiger partial charge in [-0.05, 0) is 19.8 Å². The van der Waals surface area contributed by atoms with Crippen molar-refractivity contribution in [2.75, 3.05) is 0 Å². The second-order valence-corrected chi connectivity index (χ2v) is 3.28. The molecular formula is C9H14O5. The molecular weight excluding hydrogens is 188 g/mol. The van der Waals surface area contributed by atoms with Gasteiger partial charge in [-0.2, -0.15) is 0 Å². The highest BCUT2D eigenvalue weighted by Crippen LogP contribution is 2.15. The van der Waals surface area contributed by atoms with Crippen LogP contribution in [-0.4, -0.2) is 32.9 Å². The predicted octanol–water partition coefficient (Wildman–Crippen LogP) is 0.633. The van der Waals surface area contributed by atoms with E-state index in [0.717, 1.165) is 6.08 Å². The Balaban J connectivity index is 4.62. The van der Waals surface area contributed by atoms with Crippen LogP contribution in [0.25, 0.3) is 0 Å². The molecule has 0 rings (SSSR count). The number of aliphatic hydroxyl groups is 1. The zero-order chi connectivity index (χ0) is 11.4. The van der Waals surface area contributed by atoms with Crippen LogP contribution in [0.5, 0.6) is 0 Å². The third-order valence-corrected chi connectivity index (χ3v) is 1.97. The maximum Gasteiger partial charge on any atom is 0.342 e. The van der Waals surface area contributed by atoms with Crippen LogP contribution >= 0.6 is 0 Å². The van der Waals surface area contributed by atoms with Gasteiger partial charge in [0.15, 0.2) is 0 Å². The van der Waals surface area contributed by atoms with E-state index >= 15 is 0 Å². The monoisotopic (exact) mass is 202 g/mol. The molecule has 3 N–H and O–H groups in total. The van der Waals surface area contributed by atoms with Crippen LogP contribution in [0.15, 0.2) is 11.6 Å². The van der Waals surface area contributed by atoms with E-state index in [-0.39, 0.29) is 6.42 Å². The maximum absolute atomic E-state index is 10.4. The second-order valence-electron chi connectivity index (χ2n) is 3.28. The number of hydrogen-bond donors (Lipinski definition) is 3. The van der Waals surface area contributed by atoms with Gasteiger partial charge in [-0.3, -0.25) is 0 Å². The van der Waals surface area contributed by atoms with Crippen LogP contribution in [-0.2, 0) is 9.59 Å². The molecule has 0 spiro atoms. The van der Waals surface area contributed by atoms with Crippen molar-refractivity contribution in [1.82, 2.24) is 0 Å². The molecule has 0 aromatic heterocycles. The van der Waals surface area contributed by atoms with Crippen molar-refractivity contribution in [2.45, 2.75) is 32.3 Å². The molecule has 0 fully saturated rings. The molecule has 0 aliphatic rings. The van der Waals surface area contributed by atoms with Gasteiger partial charge in [0.2, 0.25) is 0 Å². The molecule has 1 atom stereocenters. The minimum atomic E-state index is -1.50. The summed E-state index contributed by atoms with van der Waals surface area (Å²) in [4.78, 5) is 20.8. The van der Waals surface area contributed by atoms with Gasteiger partial charge in [-0.15, -0.1) is 0 Å². The van der Waals surface area contributed by atoms with Gasteiger partial charge in [0, 0.05) is 0 Å². The second kappa shape index (κ2) is 4.76. The molecule has 5 heteroatoms. The molecule has 5 nitrogen and oxygen atoms in total. The lowest BCUT2D eigenvalue weighted by Gasteiger charge is -2.18. The Kier molecular flexibility index (Phi) is 4.30. The Morgan fingerprint density at radius 3 is 2.00 bits per heavy atom. The van der Waals surface area contributed by atoms with Crippen molar-refractivity contribution >= 4 is 11.9 Å². The molecule has 0 aliphatic carbocycles. The summed E-state index contributed by atoms with van der Waals surface area (Å²) in [5.41, 5.74) is -1.77. The number of rotatable bonds is 5. The first-order valence-electron chi connectivity index (χ1n) is 4.19. The van der Waals surface area contributed by atoms with Gasteiger partial charge >= 0.3 is 11.9 Å². The zero-order valence-corrected chi connectivity index (χ0v) is 8.15. The van der Waals surface area contributed by atoms with E-state index < -0.39 is 23.1 Å². The number of carbonyl (C=O) groups is 2. The van der Waals surface area contributed by atoms with Crippen molar-refractivity contribution in [3.8, 4) is 0 Å². The smallest absolute Gasteiger partial charge is 0.342 e. The Morgan fingerprint density at radius 2 is 1.71 bits per heavy atom. The third-order valence-electron chi connectivity index (χ3n) is 1.97. The van der Waals surface area contributed by atoms with E-state index in [9.17, 15) is 14.7 Å². The van der Waals surface area contributed by atoms with E-state index in [2.05, 4.69) is 0 Å². The molecule has 0 radical (unpaired) electrons. The number of carboxylic acids is 2. The van der Waals surface area contributed by atoms with Crippen molar-refractivity contribution in [1.29, 1.82) is 0 Å². The van der Waals surface area contributed by atoms with Gasteiger partial charge in [0.25, 0.3) is 0 Å². The summed E-state index contributed by atoms with van der Waals surface area (Å²) in [5.74, 6) is -2.99.